The van der Waals surface area contributed by atoms with Gasteiger partial charge in [0.25, 0.3) is 0 Å². The molecule has 1 saturated carbocycles. The molecule has 3 heterocycles. The van der Waals surface area contributed by atoms with Gasteiger partial charge in [0, 0.05) is 83.1 Å². The highest BCUT2D eigenvalue weighted by atomic mass is 15.3. The molecular weight excluding hydrogens is 599 g/mol. The van der Waals surface area contributed by atoms with E-state index in [1.54, 1.807) is 0 Å². The summed E-state index contributed by atoms with van der Waals surface area (Å²) in [7, 11) is 0. The molecule has 4 aliphatic rings. The molecule has 0 bridgehead atoms. The van der Waals surface area contributed by atoms with E-state index in [0.717, 1.165) is 50.7 Å². The first kappa shape index (κ1) is 34.9. The SMILES string of the molecule is CC1CCC(CN2CCN([C@@H](Cc3ccccc3)CN3CCCC3CN3CCNC[C@@H]3Cc3ccccc3)C[C@@H]2Cc2ccccc2)CC1. The predicted molar refractivity (Wildman–Crippen MR) is 205 cm³/mol. The van der Waals surface area contributed by atoms with Gasteiger partial charge in [0.2, 0.25) is 0 Å². The highest BCUT2D eigenvalue weighted by Crippen LogP contribution is 2.31. The van der Waals surface area contributed by atoms with Gasteiger partial charge in [-0.2, -0.15) is 0 Å². The summed E-state index contributed by atoms with van der Waals surface area (Å²) in [4.78, 5) is 11.6. The van der Waals surface area contributed by atoms with Gasteiger partial charge in [0.1, 0.15) is 0 Å². The molecule has 3 aromatic carbocycles. The van der Waals surface area contributed by atoms with Crippen LogP contribution in [0.5, 0.6) is 0 Å². The number of hydrogen-bond acceptors (Lipinski definition) is 5. The lowest BCUT2D eigenvalue weighted by Crippen LogP contribution is -2.60. The van der Waals surface area contributed by atoms with E-state index in [2.05, 4.69) is 123 Å². The van der Waals surface area contributed by atoms with Crippen molar-refractivity contribution in [3.05, 3.63) is 108 Å². The number of likely N-dealkylation sites (tertiary alicyclic amines) is 1. The van der Waals surface area contributed by atoms with E-state index in [4.69, 9.17) is 0 Å². The van der Waals surface area contributed by atoms with E-state index in [-0.39, 0.29) is 0 Å². The molecule has 0 spiro atoms. The molecule has 1 N–H and O–H groups in total. The van der Waals surface area contributed by atoms with Crippen molar-refractivity contribution < 1.29 is 0 Å². The minimum Gasteiger partial charge on any atom is -0.314 e. The Bertz CT molecular complexity index is 1360. The summed E-state index contributed by atoms with van der Waals surface area (Å²) >= 11 is 0. The average Bonchev–Trinajstić information content (AvgIpc) is 3.58. The fourth-order valence-electron chi connectivity index (χ4n) is 9.62. The maximum atomic E-state index is 3.71. The molecule has 7 rings (SSSR count). The Morgan fingerprint density at radius 3 is 1.94 bits per heavy atom. The number of rotatable bonds is 13. The summed E-state index contributed by atoms with van der Waals surface area (Å²) < 4.78 is 0. The largest absolute Gasteiger partial charge is 0.314 e. The smallest absolute Gasteiger partial charge is 0.0264 e. The lowest BCUT2D eigenvalue weighted by molar-refractivity contribution is 0.0187. The van der Waals surface area contributed by atoms with E-state index in [9.17, 15) is 0 Å². The van der Waals surface area contributed by atoms with Crippen LogP contribution in [-0.4, -0.2) is 109 Å². The van der Waals surface area contributed by atoms with Crippen LogP contribution >= 0.6 is 0 Å². The van der Waals surface area contributed by atoms with Crippen LogP contribution in [-0.2, 0) is 19.3 Å². The molecule has 264 valence electrons. The van der Waals surface area contributed by atoms with Crippen molar-refractivity contribution in [3.8, 4) is 0 Å². The Kier molecular flexibility index (Phi) is 12.5. The molecule has 0 aromatic heterocycles. The Morgan fingerprint density at radius 2 is 1.24 bits per heavy atom. The fourth-order valence-corrected chi connectivity index (χ4v) is 9.62. The zero-order valence-corrected chi connectivity index (χ0v) is 30.3. The third-order valence-corrected chi connectivity index (χ3v) is 12.6. The Hall–Kier alpha value is -2.54. The van der Waals surface area contributed by atoms with Gasteiger partial charge in [-0.1, -0.05) is 111 Å². The summed E-state index contributed by atoms with van der Waals surface area (Å²) in [6.45, 7) is 14.4. The lowest BCUT2D eigenvalue weighted by Gasteiger charge is -2.47. The van der Waals surface area contributed by atoms with Crippen LogP contribution < -0.4 is 5.32 Å². The van der Waals surface area contributed by atoms with Gasteiger partial charge in [0.15, 0.2) is 0 Å². The standard InChI is InChI=1S/C44H63N5/c1-36-19-21-40(22-20-36)32-48-26-27-49(35-43(48)29-38-14-7-3-8-15-38)44(30-39-16-9-4-10-17-39)34-46-24-11-18-41(46)33-47-25-23-45-31-42(47)28-37-12-5-2-6-13-37/h2-10,12-17,36,40-45H,11,18-35H2,1H3/t36?,40?,41?,42-,43-,44-/m0/s1. The van der Waals surface area contributed by atoms with E-state index < -0.39 is 0 Å². The molecule has 0 radical (unpaired) electrons. The number of nitrogens with one attached hydrogen (secondary N) is 1. The molecule has 4 fully saturated rings. The number of benzene rings is 3. The van der Waals surface area contributed by atoms with Crippen LogP contribution in [0.1, 0.15) is 62.1 Å². The Morgan fingerprint density at radius 1 is 0.612 bits per heavy atom. The van der Waals surface area contributed by atoms with Crippen LogP contribution in [0, 0.1) is 11.8 Å². The Balaban J connectivity index is 1.05. The summed E-state index contributed by atoms with van der Waals surface area (Å²) in [6.07, 6.45) is 11.8. The molecule has 49 heavy (non-hydrogen) atoms. The highest BCUT2D eigenvalue weighted by Gasteiger charge is 2.36. The third kappa shape index (κ3) is 9.83. The van der Waals surface area contributed by atoms with Crippen molar-refractivity contribution in [2.45, 2.75) is 88.9 Å². The molecule has 4 atom stereocenters. The molecule has 3 saturated heterocycles. The molecule has 5 heteroatoms. The van der Waals surface area contributed by atoms with E-state index in [1.165, 1.54) is 101 Å². The summed E-state index contributed by atoms with van der Waals surface area (Å²) in [5.74, 6) is 1.80. The minimum absolute atomic E-state index is 0.544. The quantitative estimate of drug-likeness (QED) is 0.222. The minimum atomic E-state index is 0.544. The van der Waals surface area contributed by atoms with Crippen LogP contribution in [0.25, 0.3) is 0 Å². The van der Waals surface area contributed by atoms with Crippen LogP contribution in [0.2, 0.25) is 0 Å². The van der Waals surface area contributed by atoms with Crippen LogP contribution in [0.15, 0.2) is 91.0 Å². The van der Waals surface area contributed by atoms with Gasteiger partial charge in [-0.15, -0.1) is 0 Å². The van der Waals surface area contributed by atoms with Crippen molar-refractivity contribution in [2.75, 3.05) is 65.4 Å². The molecule has 1 aliphatic carbocycles. The number of nitrogens with zero attached hydrogens (tertiary/aromatic N) is 4. The van der Waals surface area contributed by atoms with Crippen molar-refractivity contribution >= 4 is 0 Å². The molecule has 3 aromatic rings. The zero-order valence-electron chi connectivity index (χ0n) is 30.3. The van der Waals surface area contributed by atoms with Gasteiger partial charge >= 0.3 is 0 Å². The number of piperazine rings is 2. The van der Waals surface area contributed by atoms with Gasteiger partial charge < -0.3 is 5.32 Å². The molecule has 1 unspecified atom stereocenters. The maximum Gasteiger partial charge on any atom is 0.0264 e. The van der Waals surface area contributed by atoms with Gasteiger partial charge in [-0.05, 0) is 80.0 Å². The Labute approximate surface area is 298 Å². The summed E-state index contributed by atoms with van der Waals surface area (Å²) in [6, 6.07) is 36.3. The molecular formula is C44H63N5. The summed E-state index contributed by atoms with van der Waals surface area (Å²) in [5, 5.41) is 3.71. The van der Waals surface area contributed by atoms with Crippen molar-refractivity contribution in [2.24, 2.45) is 11.8 Å². The second-order valence-electron chi connectivity index (χ2n) is 16.1. The second kappa shape index (κ2) is 17.6. The first-order valence-corrected chi connectivity index (χ1v) is 19.9. The van der Waals surface area contributed by atoms with Crippen molar-refractivity contribution in [1.29, 1.82) is 0 Å². The highest BCUT2D eigenvalue weighted by molar-refractivity contribution is 5.19. The topological polar surface area (TPSA) is 25.0 Å². The van der Waals surface area contributed by atoms with Gasteiger partial charge in [-0.3, -0.25) is 19.6 Å². The first-order valence-electron chi connectivity index (χ1n) is 19.9. The van der Waals surface area contributed by atoms with Crippen molar-refractivity contribution in [1.82, 2.24) is 24.9 Å². The van der Waals surface area contributed by atoms with E-state index >= 15 is 0 Å². The first-order chi connectivity index (χ1) is 24.2. The second-order valence-corrected chi connectivity index (χ2v) is 16.1. The predicted octanol–water partition coefficient (Wildman–Crippen LogP) is 6.63. The van der Waals surface area contributed by atoms with E-state index in [1.807, 2.05) is 0 Å². The fraction of sp³-hybridized carbons (Fsp3) is 0.591. The van der Waals surface area contributed by atoms with Gasteiger partial charge in [-0.25, -0.2) is 0 Å². The average molecular weight is 662 g/mol. The van der Waals surface area contributed by atoms with Crippen molar-refractivity contribution in [3.63, 3.8) is 0 Å². The molecule has 0 amide bonds. The van der Waals surface area contributed by atoms with Crippen LogP contribution in [0.3, 0.4) is 0 Å². The monoisotopic (exact) mass is 662 g/mol. The maximum absolute atomic E-state index is 3.71. The van der Waals surface area contributed by atoms with Crippen LogP contribution in [0.4, 0.5) is 0 Å². The molecule has 5 nitrogen and oxygen atoms in total. The van der Waals surface area contributed by atoms with E-state index in [0.29, 0.717) is 24.2 Å². The molecule has 3 aliphatic heterocycles. The zero-order chi connectivity index (χ0) is 33.3. The summed E-state index contributed by atoms with van der Waals surface area (Å²) in [5.41, 5.74) is 4.46. The third-order valence-electron chi connectivity index (χ3n) is 12.6. The lowest BCUT2D eigenvalue weighted by atomic mass is 9.82. The van der Waals surface area contributed by atoms with Gasteiger partial charge in [0.05, 0.1) is 0 Å². The number of hydrogen-bond donors (Lipinski definition) is 1. The normalized spacial score (nSPS) is 28.5.